The molecule has 0 amide bonds. The molecule has 0 aromatic rings. The van der Waals surface area contributed by atoms with E-state index < -0.39 is 5.97 Å². The second kappa shape index (κ2) is 15.3. The van der Waals surface area contributed by atoms with Crippen LogP contribution in [0, 0.1) is 0 Å². The molecule has 2 heteroatoms. The third-order valence-corrected chi connectivity index (χ3v) is 3.48. The van der Waals surface area contributed by atoms with Crippen molar-refractivity contribution < 1.29 is 9.90 Å². The number of carbonyl (C=O) groups is 1. The van der Waals surface area contributed by atoms with Gasteiger partial charge in [0.1, 0.15) is 0 Å². The minimum Gasteiger partial charge on any atom is -0.478 e. The molecule has 0 radical (unpaired) electrons. The van der Waals surface area contributed by atoms with Crippen LogP contribution in [0.1, 0.15) is 90.4 Å². The molecule has 0 aliphatic rings. The molecule has 0 aliphatic heterocycles. The van der Waals surface area contributed by atoms with Crippen LogP contribution in [0.25, 0.3) is 0 Å². The van der Waals surface area contributed by atoms with Crippen molar-refractivity contribution in [2.45, 2.75) is 90.4 Å². The summed E-state index contributed by atoms with van der Waals surface area (Å²) in [6.07, 6.45) is 20.1. The predicted octanol–water partition coefficient (Wildman–Crippen LogP) is 5.72. The van der Waals surface area contributed by atoms with Crippen LogP contribution >= 0.6 is 0 Å². The summed E-state index contributed by atoms with van der Waals surface area (Å²) in [5.41, 5.74) is 0. The van der Waals surface area contributed by atoms with E-state index in [9.17, 15) is 4.79 Å². The number of rotatable bonds is 14. The summed E-state index contributed by atoms with van der Waals surface area (Å²) in [4.78, 5) is 10.2. The first kappa shape index (κ1) is 18.2. The highest BCUT2D eigenvalue weighted by atomic mass is 16.4. The van der Waals surface area contributed by atoms with E-state index in [2.05, 4.69) is 6.92 Å². The molecule has 19 heavy (non-hydrogen) atoms. The molecule has 0 aliphatic carbocycles. The minimum atomic E-state index is -0.834. The molecular weight excluding hydrogens is 236 g/mol. The number of hydrogen-bond donors (Lipinski definition) is 1. The third kappa shape index (κ3) is 17.2. The van der Waals surface area contributed by atoms with Crippen LogP contribution in [0.2, 0.25) is 0 Å². The van der Waals surface area contributed by atoms with E-state index in [-0.39, 0.29) is 0 Å². The van der Waals surface area contributed by atoms with Gasteiger partial charge < -0.3 is 5.11 Å². The molecule has 0 aromatic heterocycles. The molecule has 1 N–H and O–H groups in total. The second-order valence-electron chi connectivity index (χ2n) is 5.42. The van der Waals surface area contributed by atoms with Gasteiger partial charge in [-0.2, -0.15) is 0 Å². The largest absolute Gasteiger partial charge is 0.478 e. The summed E-state index contributed by atoms with van der Waals surface area (Å²) in [5, 5.41) is 8.42. The lowest BCUT2D eigenvalue weighted by Gasteiger charge is -2.02. The first-order valence-corrected chi connectivity index (χ1v) is 8.17. The Hall–Kier alpha value is -0.790. The van der Waals surface area contributed by atoms with Crippen molar-refractivity contribution in [2.75, 3.05) is 0 Å². The van der Waals surface area contributed by atoms with Gasteiger partial charge in [0.25, 0.3) is 0 Å². The minimum absolute atomic E-state index is 0.834. The number of unbranched alkanes of at least 4 members (excludes halogenated alkanes) is 12. The van der Waals surface area contributed by atoms with Gasteiger partial charge in [-0.05, 0) is 12.8 Å². The lowest BCUT2D eigenvalue weighted by Crippen LogP contribution is -1.86. The Kier molecular flexibility index (Phi) is 14.6. The van der Waals surface area contributed by atoms with Crippen molar-refractivity contribution in [1.82, 2.24) is 0 Å². The molecule has 112 valence electrons. The summed E-state index contributed by atoms with van der Waals surface area (Å²) < 4.78 is 0. The molecular formula is C17H32O2. The average Bonchev–Trinajstić information content (AvgIpc) is 2.39. The lowest BCUT2D eigenvalue weighted by molar-refractivity contribution is -0.131. The van der Waals surface area contributed by atoms with Crippen LogP contribution in [-0.2, 0) is 4.79 Å². The van der Waals surface area contributed by atoms with Gasteiger partial charge in [-0.1, -0.05) is 83.6 Å². The van der Waals surface area contributed by atoms with Crippen molar-refractivity contribution in [2.24, 2.45) is 0 Å². The molecule has 0 saturated carbocycles. The van der Waals surface area contributed by atoms with Gasteiger partial charge in [-0.3, -0.25) is 0 Å². The summed E-state index contributed by atoms with van der Waals surface area (Å²) in [7, 11) is 0. The molecule has 0 unspecified atom stereocenters. The van der Waals surface area contributed by atoms with Crippen LogP contribution in [-0.4, -0.2) is 11.1 Å². The molecule has 0 heterocycles. The zero-order chi connectivity index (χ0) is 14.2. The van der Waals surface area contributed by atoms with Gasteiger partial charge in [0, 0.05) is 6.08 Å². The fraction of sp³-hybridized carbons (Fsp3) is 0.824. The Morgan fingerprint density at radius 2 is 1.21 bits per heavy atom. The molecule has 0 rings (SSSR count). The maximum Gasteiger partial charge on any atom is 0.327 e. The van der Waals surface area contributed by atoms with E-state index >= 15 is 0 Å². The summed E-state index contributed by atoms with van der Waals surface area (Å²) in [5.74, 6) is -0.834. The van der Waals surface area contributed by atoms with Crippen molar-refractivity contribution >= 4 is 5.97 Å². The smallest absolute Gasteiger partial charge is 0.327 e. The monoisotopic (exact) mass is 268 g/mol. The SMILES string of the molecule is CCCCCCCCCCCCCC/C=C\C(=O)O. The van der Waals surface area contributed by atoms with Gasteiger partial charge in [0.05, 0.1) is 0 Å². The highest BCUT2D eigenvalue weighted by Gasteiger charge is 1.93. The zero-order valence-electron chi connectivity index (χ0n) is 12.7. The first-order valence-electron chi connectivity index (χ1n) is 8.17. The second-order valence-corrected chi connectivity index (χ2v) is 5.42. The Bertz CT molecular complexity index is 221. The highest BCUT2D eigenvalue weighted by Crippen LogP contribution is 2.12. The quantitative estimate of drug-likeness (QED) is 0.323. The van der Waals surface area contributed by atoms with Crippen molar-refractivity contribution in [3.8, 4) is 0 Å². The molecule has 0 spiro atoms. The maximum atomic E-state index is 10.2. The molecule has 0 saturated heterocycles. The molecule has 0 aromatic carbocycles. The Balaban J connectivity index is 3.01. The van der Waals surface area contributed by atoms with E-state index in [4.69, 9.17) is 5.11 Å². The van der Waals surface area contributed by atoms with Crippen LogP contribution in [0.4, 0.5) is 0 Å². The number of allylic oxidation sites excluding steroid dienone is 1. The van der Waals surface area contributed by atoms with Crippen LogP contribution in [0.3, 0.4) is 0 Å². The van der Waals surface area contributed by atoms with Gasteiger partial charge in [0.15, 0.2) is 0 Å². The summed E-state index contributed by atoms with van der Waals surface area (Å²) in [6.45, 7) is 2.26. The summed E-state index contributed by atoms with van der Waals surface area (Å²) >= 11 is 0. The van der Waals surface area contributed by atoms with Gasteiger partial charge in [-0.15, -0.1) is 0 Å². The van der Waals surface area contributed by atoms with Crippen molar-refractivity contribution in [3.63, 3.8) is 0 Å². The fourth-order valence-electron chi connectivity index (χ4n) is 2.29. The van der Waals surface area contributed by atoms with Crippen LogP contribution < -0.4 is 0 Å². The lowest BCUT2D eigenvalue weighted by atomic mass is 10.0. The van der Waals surface area contributed by atoms with Gasteiger partial charge >= 0.3 is 5.97 Å². The van der Waals surface area contributed by atoms with E-state index in [1.54, 1.807) is 6.08 Å². The normalized spacial score (nSPS) is 11.2. The zero-order valence-corrected chi connectivity index (χ0v) is 12.7. The fourth-order valence-corrected chi connectivity index (χ4v) is 2.29. The predicted molar refractivity (Wildman–Crippen MR) is 82.5 cm³/mol. The molecule has 0 bridgehead atoms. The Morgan fingerprint density at radius 3 is 1.63 bits per heavy atom. The van der Waals surface area contributed by atoms with E-state index in [1.807, 2.05) is 0 Å². The number of aliphatic carboxylic acids is 1. The standard InChI is InChI=1S/C17H32O2/c1-2-3-4-5-6-7-8-9-10-11-12-13-14-15-16-17(18)19/h15-16H,2-14H2,1H3,(H,18,19)/b16-15-. The van der Waals surface area contributed by atoms with Crippen LogP contribution in [0.5, 0.6) is 0 Å². The van der Waals surface area contributed by atoms with Crippen molar-refractivity contribution in [1.29, 1.82) is 0 Å². The number of hydrogen-bond acceptors (Lipinski definition) is 1. The number of carboxylic acids is 1. The van der Waals surface area contributed by atoms with E-state index in [0.717, 1.165) is 12.8 Å². The Labute approximate surface area is 119 Å². The average molecular weight is 268 g/mol. The number of carboxylic acid groups (broad SMARTS) is 1. The maximum absolute atomic E-state index is 10.2. The molecule has 0 atom stereocenters. The summed E-state index contributed by atoms with van der Waals surface area (Å²) in [6, 6.07) is 0. The Morgan fingerprint density at radius 1 is 0.789 bits per heavy atom. The topological polar surface area (TPSA) is 37.3 Å². The molecule has 2 nitrogen and oxygen atoms in total. The molecule has 0 fully saturated rings. The first-order chi connectivity index (χ1) is 9.27. The van der Waals surface area contributed by atoms with Gasteiger partial charge in [-0.25, -0.2) is 4.79 Å². The highest BCUT2D eigenvalue weighted by molar-refractivity contribution is 5.79. The van der Waals surface area contributed by atoms with E-state index in [0.29, 0.717) is 0 Å². The van der Waals surface area contributed by atoms with E-state index in [1.165, 1.54) is 76.7 Å². The third-order valence-electron chi connectivity index (χ3n) is 3.48. The van der Waals surface area contributed by atoms with Crippen LogP contribution in [0.15, 0.2) is 12.2 Å². The van der Waals surface area contributed by atoms with Gasteiger partial charge in [0.2, 0.25) is 0 Å². The van der Waals surface area contributed by atoms with Crippen molar-refractivity contribution in [3.05, 3.63) is 12.2 Å².